The van der Waals surface area contributed by atoms with E-state index < -0.39 is 0 Å². The van der Waals surface area contributed by atoms with E-state index in [1.807, 2.05) is 0 Å². The van der Waals surface area contributed by atoms with Crippen LogP contribution < -0.4 is 84.0 Å². The SMILES string of the molecule is O=c1c2cc3c(cc2oc2cc4c(cc12)B1c2ccccc2N2c5ccccc5B5c6ccccc6N(c6ccccc6)c6cc(c1c2c65)N4c1ccccc1)N(c1ccccc1)c1cc(N(c2ccccc2)c2ccccc2)cc2c1B3c1ccccc1N2c1ccccc1. The predicted octanol–water partition coefficient (Wildman–Crippen LogP) is 15.2. The highest BCUT2D eigenvalue weighted by atomic mass is 16.3. The number of para-hydroxylation sites is 10. The molecule has 1 aromatic heterocycles. The molecular weight excluding hydrogens is 1170 g/mol. The monoisotopic (exact) mass is 1220 g/mol. The highest BCUT2D eigenvalue weighted by Gasteiger charge is 2.52. The maximum Gasteiger partial charge on any atom is 0.252 e. The maximum atomic E-state index is 16.5. The van der Waals surface area contributed by atoms with E-state index >= 15 is 4.79 Å². The minimum Gasteiger partial charge on any atom is -0.456 e. The molecule has 6 aliphatic heterocycles. The summed E-state index contributed by atoms with van der Waals surface area (Å²) in [5.74, 6) is 0. The minimum absolute atomic E-state index is 0.0546. The Balaban J connectivity index is 0.838. The fraction of sp³-hybridized carbons (Fsp3) is 0. The molecule has 6 aliphatic rings. The van der Waals surface area contributed by atoms with Crippen molar-refractivity contribution in [1.29, 1.82) is 0 Å². The molecule has 0 bridgehead atoms. The lowest BCUT2D eigenvalue weighted by atomic mass is 9.28. The fourth-order valence-electron chi connectivity index (χ4n) is 17.2. The van der Waals surface area contributed by atoms with Crippen LogP contribution in [0.1, 0.15) is 0 Å². The summed E-state index contributed by atoms with van der Waals surface area (Å²) in [4.78, 5) is 31.2. The molecule has 0 saturated carbocycles. The lowest BCUT2D eigenvalue weighted by Crippen LogP contribution is -2.68. The van der Waals surface area contributed by atoms with Crippen molar-refractivity contribution in [2.75, 3.05) is 29.4 Å². The first kappa shape index (κ1) is 53.1. The molecule has 0 atom stereocenters. The summed E-state index contributed by atoms with van der Waals surface area (Å²) in [5, 5.41) is 1.08. The Bertz CT molecular complexity index is 5780. The number of nitrogens with zero attached hydrogens (tertiary/aromatic N) is 6. The molecule has 0 amide bonds. The van der Waals surface area contributed by atoms with Crippen LogP contribution in [-0.2, 0) is 0 Å². The zero-order chi connectivity index (χ0) is 62.9. The fourth-order valence-corrected chi connectivity index (χ4v) is 17.2. The van der Waals surface area contributed by atoms with E-state index in [9.17, 15) is 0 Å². The Morgan fingerprint density at radius 3 is 0.938 bits per heavy atom. The normalized spacial score (nSPS) is 13.7. The van der Waals surface area contributed by atoms with E-state index in [1.165, 1.54) is 38.7 Å². The summed E-state index contributed by atoms with van der Waals surface area (Å²) >= 11 is 0. The second-order valence-electron chi connectivity index (χ2n) is 25.8. The Morgan fingerprint density at radius 2 is 0.552 bits per heavy atom. The van der Waals surface area contributed by atoms with Crippen LogP contribution in [0.3, 0.4) is 0 Å². The number of hydrogen-bond acceptors (Lipinski definition) is 8. The van der Waals surface area contributed by atoms with Crippen molar-refractivity contribution in [1.82, 2.24) is 0 Å². The summed E-state index contributed by atoms with van der Waals surface area (Å²) in [6, 6.07) is 116. The maximum absolute atomic E-state index is 16.5. The second kappa shape index (κ2) is 20.3. The molecule has 0 saturated heterocycles. The zero-order valence-corrected chi connectivity index (χ0v) is 51.8. The van der Waals surface area contributed by atoms with Gasteiger partial charge in [0.25, 0.3) is 20.1 Å². The molecule has 21 rings (SSSR count). The van der Waals surface area contributed by atoms with E-state index in [4.69, 9.17) is 4.42 Å². The molecule has 0 unspecified atom stereocenters. The number of benzene rings is 14. The van der Waals surface area contributed by atoms with Crippen molar-refractivity contribution in [3.8, 4) is 0 Å². The average molecular weight is 1220 g/mol. The van der Waals surface area contributed by atoms with Gasteiger partial charge >= 0.3 is 0 Å². The van der Waals surface area contributed by atoms with Gasteiger partial charge in [-0.2, -0.15) is 0 Å². The van der Waals surface area contributed by atoms with Crippen molar-refractivity contribution < 1.29 is 4.42 Å². The van der Waals surface area contributed by atoms with Crippen LogP contribution in [0.25, 0.3) is 21.9 Å². The summed E-state index contributed by atoms with van der Waals surface area (Å²) in [6.45, 7) is -0.593. The zero-order valence-electron chi connectivity index (χ0n) is 51.8. The third-order valence-electron chi connectivity index (χ3n) is 20.9. The molecule has 7 heterocycles. The number of hydrogen-bond donors (Lipinski definition) is 0. The van der Waals surface area contributed by atoms with Crippen molar-refractivity contribution in [2.45, 2.75) is 0 Å². The van der Waals surface area contributed by atoms with E-state index in [0.29, 0.717) is 21.9 Å². The molecule has 8 nitrogen and oxygen atoms in total. The molecular formula is C85H53B3N6O2. The van der Waals surface area contributed by atoms with Gasteiger partial charge in [-0.1, -0.05) is 182 Å². The molecule has 0 aliphatic carbocycles. The highest BCUT2D eigenvalue weighted by Crippen LogP contribution is 2.52. The third kappa shape index (κ3) is 7.39. The van der Waals surface area contributed by atoms with Crippen LogP contribution in [0.15, 0.2) is 331 Å². The minimum atomic E-state index is -0.278. The van der Waals surface area contributed by atoms with Gasteiger partial charge < -0.3 is 33.8 Å². The average Bonchev–Trinajstić information content (AvgIpc) is 0.672. The molecule has 0 spiro atoms. The van der Waals surface area contributed by atoms with Gasteiger partial charge in [-0.3, -0.25) is 4.79 Å². The van der Waals surface area contributed by atoms with Crippen LogP contribution in [-0.4, -0.2) is 20.1 Å². The van der Waals surface area contributed by atoms with Gasteiger partial charge in [-0.25, -0.2) is 0 Å². The van der Waals surface area contributed by atoms with Crippen LogP contribution in [0.5, 0.6) is 0 Å². The number of anilines is 18. The second-order valence-corrected chi connectivity index (χ2v) is 25.8. The van der Waals surface area contributed by atoms with E-state index in [-0.39, 0.29) is 25.6 Å². The summed E-state index contributed by atoms with van der Waals surface area (Å²) in [6.07, 6.45) is 0. The van der Waals surface area contributed by atoms with Crippen LogP contribution in [0.4, 0.5) is 102 Å². The number of fused-ring (bicyclic) bond motifs is 16. The quantitative estimate of drug-likeness (QED) is 0.116. The van der Waals surface area contributed by atoms with Gasteiger partial charge in [0.15, 0.2) is 5.43 Å². The largest absolute Gasteiger partial charge is 0.456 e. The molecule has 15 aromatic rings. The summed E-state index contributed by atoms with van der Waals surface area (Å²) < 4.78 is 7.51. The van der Waals surface area contributed by atoms with Crippen molar-refractivity contribution >= 4 is 194 Å². The van der Waals surface area contributed by atoms with E-state index in [1.54, 1.807) is 0 Å². The Hall–Kier alpha value is -12.5. The smallest absolute Gasteiger partial charge is 0.252 e. The van der Waals surface area contributed by atoms with Crippen molar-refractivity contribution in [3.63, 3.8) is 0 Å². The molecule has 11 heteroatoms. The third-order valence-corrected chi connectivity index (χ3v) is 20.9. The first-order valence-electron chi connectivity index (χ1n) is 33.1. The Kier molecular flexibility index (Phi) is 11.2. The topological polar surface area (TPSA) is 49.7 Å². The molecule has 0 N–H and O–H groups in total. The molecule has 0 fully saturated rings. The van der Waals surface area contributed by atoms with Gasteiger partial charge in [0.1, 0.15) is 11.2 Å². The predicted molar refractivity (Wildman–Crippen MR) is 402 cm³/mol. The van der Waals surface area contributed by atoms with Gasteiger partial charge in [-0.05, 0) is 177 Å². The number of rotatable bonds is 7. The van der Waals surface area contributed by atoms with Gasteiger partial charge in [0.05, 0.1) is 16.5 Å². The Morgan fingerprint density at radius 1 is 0.250 bits per heavy atom. The van der Waals surface area contributed by atoms with Crippen LogP contribution >= 0.6 is 0 Å². The Labute approximate surface area is 555 Å². The van der Waals surface area contributed by atoms with Crippen LogP contribution in [0, 0.1) is 0 Å². The molecule has 96 heavy (non-hydrogen) atoms. The van der Waals surface area contributed by atoms with Crippen LogP contribution in [0.2, 0.25) is 0 Å². The molecule has 14 aromatic carbocycles. The standard InChI is InChI=1S/C85H53B3N6O2/c95-85-61-49-67-73(92(58-35-15-5-16-36-58)76-48-60(89(54-27-7-1-8-28-54)55-29-9-2-10-30-55)47-75-81(76)87(67)64-40-20-24-44-70(64)90(75)56-31-11-3-12-32-56)52-79(61)96-80-53-74-68(50-62(80)85)88-66-42-22-26-46-72(66)94-71-45-25-21-41-65(71)86-63-39-19-23-43-69(63)91(57-33-13-4-14-34-57)77-51-78(83(88)84(94)82(77)86)93(74)59-37-17-6-18-38-59/h1-53H. The summed E-state index contributed by atoms with van der Waals surface area (Å²) in [5.41, 5.74) is 30.7. The van der Waals surface area contributed by atoms with E-state index in [0.717, 1.165) is 113 Å². The van der Waals surface area contributed by atoms with Gasteiger partial charge in [-0.15, -0.1) is 0 Å². The van der Waals surface area contributed by atoms with Gasteiger partial charge in [0, 0.05) is 109 Å². The molecule has 444 valence electrons. The first-order chi connectivity index (χ1) is 47.6. The van der Waals surface area contributed by atoms with Crippen molar-refractivity contribution in [2.24, 2.45) is 0 Å². The lowest BCUT2D eigenvalue weighted by Gasteiger charge is -2.51. The van der Waals surface area contributed by atoms with Gasteiger partial charge in [0.2, 0.25) is 0 Å². The first-order valence-corrected chi connectivity index (χ1v) is 33.1. The van der Waals surface area contributed by atoms with E-state index in [2.05, 4.69) is 351 Å². The summed E-state index contributed by atoms with van der Waals surface area (Å²) in [7, 11) is 0. The molecule has 0 radical (unpaired) electrons. The lowest BCUT2D eigenvalue weighted by molar-refractivity contribution is 0.660. The highest BCUT2D eigenvalue weighted by molar-refractivity contribution is 7.05. The van der Waals surface area contributed by atoms with Crippen molar-refractivity contribution in [3.05, 3.63) is 332 Å².